The number of anilines is 1. The SMILES string of the molecule is COc1cc2c(N(C)C3CCN(C(=O)OC(C)(C)C)CC3)ncnc2cc1F. The Hall–Kier alpha value is -2.64. The van der Waals surface area contributed by atoms with Crippen LogP contribution in [0.3, 0.4) is 0 Å². The zero-order chi connectivity index (χ0) is 20.5. The third-order valence-corrected chi connectivity index (χ3v) is 4.89. The van der Waals surface area contributed by atoms with E-state index in [0.29, 0.717) is 18.6 Å². The van der Waals surface area contributed by atoms with Crippen LogP contribution in [0.15, 0.2) is 18.5 Å². The van der Waals surface area contributed by atoms with Gasteiger partial charge in [0.25, 0.3) is 0 Å². The minimum atomic E-state index is -0.501. The van der Waals surface area contributed by atoms with Gasteiger partial charge in [-0.2, -0.15) is 0 Å². The van der Waals surface area contributed by atoms with E-state index in [1.807, 2.05) is 27.8 Å². The third kappa shape index (κ3) is 4.26. The number of ether oxygens (including phenoxy) is 2. The quantitative estimate of drug-likeness (QED) is 0.798. The Labute approximate surface area is 164 Å². The number of hydrogen-bond donors (Lipinski definition) is 0. The van der Waals surface area contributed by atoms with Crippen molar-refractivity contribution < 1.29 is 18.7 Å². The maximum absolute atomic E-state index is 14.0. The molecule has 0 spiro atoms. The van der Waals surface area contributed by atoms with Crippen LogP contribution in [0.2, 0.25) is 0 Å². The molecule has 2 heterocycles. The second kappa shape index (κ2) is 7.77. The molecule has 0 bridgehead atoms. The summed E-state index contributed by atoms with van der Waals surface area (Å²) in [6, 6.07) is 3.19. The number of nitrogens with zero attached hydrogens (tertiary/aromatic N) is 4. The van der Waals surface area contributed by atoms with Gasteiger partial charge in [0.2, 0.25) is 0 Å². The van der Waals surface area contributed by atoms with E-state index < -0.39 is 11.4 Å². The Morgan fingerprint density at radius 1 is 1.25 bits per heavy atom. The fourth-order valence-electron chi connectivity index (χ4n) is 3.42. The number of rotatable bonds is 3. The Kier molecular flexibility index (Phi) is 5.58. The highest BCUT2D eigenvalue weighted by Gasteiger charge is 2.29. The van der Waals surface area contributed by atoms with Gasteiger partial charge in [-0.25, -0.2) is 19.2 Å². The van der Waals surface area contributed by atoms with Crippen LogP contribution < -0.4 is 9.64 Å². The first-order valence-corrected chi connectivity index (χ1v) is 9.38. The highest BCUT2D eigenvalue weighted by atomic mass is 19.1. The van der Waals surface area contributed by atoms with E-state index in [0.717, 1.165) is 24.0 Å². The molecule has 0 radical (unpaired) electrons. The fraction of sp³-hybridized carbons (Fsp3) is 0.550. The van der Waals surface area contributed by atoms with Gasteiger partial charge in [0.1, 0.15) is 17.7 Å². The van der Waals surface area contributed by atoms with Crippen molar-refractivity contribution in [3.05, 3.63) is 24.3 Å². The predicted octanol–water partition coefficient (Wildman–Crippen LogP) is 3.61. The molecule has 152 valence electrons. The molecular formula is C20H27FN4O3. The first kappa shape index (κ1) is 20.1. The summed E-state index contributed by atoms with van der Waals surface area (Å²) in [4.78, 5) is 24.7. The van der Waals surface area contributed by atoms with Crippen molar-refractivity contribution in [2.24, 2.45) is 0 Å². The molecule has 7 nitrogen and oxygen atoms in total. The molecule has 1 aromatic heterocycles. The molecule has 1 aliphatic rings. The maximum atomic E-state index is 14.0. The van der Waals surface area contributed by atoms with Crippen molar-refractivity contribution in [1.82, 2.24) is 14.9 Å². The van der Waals surface area contributed by atoms with Crippen molar-refractivity contribution in [3.63, 3.8) is 0 Å². The van der Waals surface area contributed by atoms with Crippen molar-refractivity contribution in [2.45, 2.75) is 45.3 Å². The van der Waals surface area contributed by atoms with Gasteiger partial charge in [0, 0.05) is 37.6 Å². The van der Waals surface area contributed by atoms with E-state index in [1.165, 1.54) is 19.5 Å². The molecule has 0 unspecified atom stereocenters. The van der Waals surface area contributed by atoms with Crippen LogP contribution in [0.5, 0.6) is 5.75 Å². The average Bonchev–Trinajstić information content (AvgIpc) is 2.65. The summed E-state index contributed by atoms with van der Waals surface area (Å²) < 4.78 is 24.6. The lowest BCUT2D eigenvalue weighted by Gasteiger charge is -2.38. The lowest BCUT2D eigenvalue weighted by molar-refractivity contribution is 0.0205. The maximum Gasteiger partial charge on any atom is 0.410 e. The molecule has 1 amide bonds. The number of methoxy groups -OCH3 is 1. The smallest absolute Gasteiger partial charge is 0.410 e. The first-order chi connectivity index (χ1) is 13.2. The number of benzene rings is 1. The van der Waals surface area contributed by atoms with Gasteiger partial charge >= 0.3 is 6.09 Å². The van der Waals surface area contributed by atoms with Crippen LogP contribution >= 0.6 is 0 Å². The summed E-state index contributed by atoms with van der Waals surface area (Å²) in [6.07, 6.45) is 2.75. The molecule has 1 saturated heterocycles. The lowest BCUT2D eigenvalue weighted by atomic mass is 10.0. The van der Waals surface area contributed by atoms with Crippen molar-refractivity contribution in [2.75, 3.05) is 32.1 Å². The molecular weight excluding hydrogens is 363 g/mol. The van der Waals surface area contributed by atoms with Crippen molar-refractivity contribution in [1.29, 1.82) is 0 Å². The molecule has 8 heteroatoms. The van der Waals surface area contributed by atoms with Crippen LogP contribution in [-0.2, 0) is 4.74 Å². The van der Waals surface area contributed by atoms with Gasteiger partial charge < -0.3 is 19.3 Å². The second-order valence-electron chi connectivity index (χ2n) is 8.01. The van der Waals surface area contributed by atoms with Crippen LogP contribution in [-0.4, -0.2) is 59.9 Å². The molecule has 0 saturated carbocycles. The number of amides is 1. The normalized spacial score (nSPS) is 15.6. The van der Waals surface area contributed by atoms with Gasteiger partial charge in [0.05, 0.1) is 12.6 Å². The third-order valence-electron chi connectivity index (χ3n) is 4.89. The second-order valence-corrected chi connectivity index (χ2v) is 8.01. The minimum Gasteiger partial charge on any atom is -0.494 e. The van der Waals surface area contributed by atoms with E-state index in [-0.39, 0.29) is 17.9 Å². The van der Waals surface area contributed by atoms with Crippen molar-refractivity contribution >= 4 is 22.8 Å². The van der Waals surface area contributed by atoms with Crippen molar-refractivity contribution in [3.8, 4) is 5.75 Å². The van der Waals surface area contributed by atoms with E-state index in [1.54, 1.807) is 11.0 Å². The van der Waals surface area contributed by atoms with Gasteiger partial charge in [-0.15, -0.1) is 0 Å². The van der Waals surface area contributed by atoms with Gasteiger partial charge in [-0.05, 0) is 39.7 Å². The number of halogens is 1. The van der Waals surface area contributed by atoms with Gasteiger partial charge in [0.15, 0.2) is 11.6 Å². The summed E-state index contributed by atoms with van der Waals surface area (Å²) >= 11 is 0. The van der Waals surface area contributed by atoms with E-state index in [9.17, 15) is 9.18 Å². The van der Waals surface area contributed by atoms with Crippen LogP contribution in [0, 0.1) is 5.82 Å². The fourth-order valence-corrected chi connectivity index (χ4v) is 3.42. The van der Waals surface area contributed by atoms with E-state index >= 15 is 0 Å². The standard InChI is InChI=1S/C20H27FN4O3/c1-20(2,3)28-19(26)25-8-6-13(7-9-25)24(4)18-14-10-17(27-5)15(21)11-16(14)22-12-23-18/h10-13H,6-9H2,1-5H3. The van der Waals surface area contributed by atoms with Gasteiger partial charge in [-0.1, -0.05) is 0 Å². The Morgan fingerprint density at radius 2 is 1.93 bits per heavy atom. The minimum absolute atomic E-state index is 0.164. The number of carbonyl (C=O) groups excluding carboxylic acids is 1. The molecule has 1 aromatic carbocycles. The molecule has 1 fully saturated rings. The van der Waals surface area contributed by atoms with Crippen LogP contribution in [0.4, 0.5) is 15.0 Å². The Balaban J connectivity index is 1.75. The van der Waals surface area contributed by atoms with Crippen LogP contribution in [0.1, 0.15) is 33.6 Å². The molecule has 3 rings (SSSR count). The summed E-state index contributed by atoms with van der Waals surface area (Å²) in [7, 11) is 3.40. The topological polar surface area (TPSA) is 67.8 Å². The number of carbonyl (C=O) groups is 1. The van der Waals surface area contributed by atoms with E-state index in [2.05, 4.69) is 14.9 Å². The monoisotopic (exact) mass is 390 g/mol. The molecule has 0 N–H and O–H groups in total. The highest BCUT2D eigenvalue weighted by molar-refractivity contribution is 5.90. The zero-order valence-corrected chi connectivity index (χ0v) is 17.0. The summed E-state index contributed by atoms with van der Waals surface area (Å²) in [5, 5.41) is 0.734. The summed E-state index contributed by atoms with van der Waals surface area (Å²) in [6.45, 7) is 6.82. The van der Waals surface area contributed by atoms with Gasteiger partial charge in [-0.3, -0.25) is 0 Å². The van der Waals surface area contributed by atoms with Crippen LogP contribution in [0.25, 0.3) is 10.9 Å². The number of likely N-dealkylation sites (tertiary alicyclic amines) is 1. The highest BCUT2D eigenvalue weighted by Crippen LogP contribution is 2.31. The Morgan fingerprint density at radius 3 is 2.54 bits per heavy atom. The summed E-state index contributed by atoms with van der Waals surface area (Å²) in [5.41, 5.74) is 0.0280. The molecule has 1 aliphatic heterocycles. The number of piperidine rings is 1. The average molecular weight is 390 g/mol. The largest absolute Gasteiger partial charge is 0.494 e. The predicted molar refractivity (Wildman–Crippen MR) is 105 cm³/mol. The lowest BCUT2D eigenvalue weighted by Crippen LogP contribution is -2.47. The first-order valence-electron chi connectivity index (χ1n) is 9.38. The molecule has 28 heavy (non-hydrogen) atoms. The molecule has 0 atom stereocenters. The summed E-state index contributed by atoms with van der Waals surface area (Å²) in [5.74, 6) is 0.434. The number of aromatic nitrogens is 2. The number of fused-ring (bicyclic) bond motifs is 1. The zero-order valence-electron chi connectivity index (χ0n) is 17.0. The molecule has 2 aromatic rings. The molecule has 0 aliphatic carbocycles. The number of hydrogen-bond acceptors (Lipinski definition) is 6. The van der Waals surface area contributed by atoms with E-state index in [4.69, 9.17) is 9.47 Å². The Bertz CT molecular complexity index is 860.